The van der Waals surface area contributed by atoms with Crippen molar-refractivity contribution in [3.05, 3.63) is 28.7 Å². The van der Waals surface area contributed by atoms with Gasteiger partial charge in [-0.05, 0) is 31.4 Å². The Morgan fingerprint density at radius 3 is 3.04 bits per heavy atom. The van der Waals surface area contributed by atoms with Gasteiger partial charge in [-0.3, -0.25) is 14.3 Å². The molecule has 0 unspecified atom stereocenters. The molecule has 1 amide bonds. The first-order valence-electron chi connectivity index (χ1n) is 9.29. The van der Waals surface area contributed by atoms with E-state index in [0.717, 1.165) is 32.4 Å². The van der Waals surface area contributed by atoms with Crippen LogP contribution < -0.4 is 11.1 Å². The van der Waals surface area contributed by atoms with Gasteiger partial charge in [0.25, 0.3) is 0 Å². The summed E-state index contributed by atoms with van der Waals surface area (Å²) in [6, 6.07) is 5.21. The Kier molecular flexibility index (Phi) is 4.79. The summed E-state index contributed by atoms with van der Waals surface area (Å²) in [4.78, 5) is 26.2. The summed E-state index contributed by atoms with van der Waals surface area (Å²) < 4.78 is 18.3. The number of anilines is 1. The number of piperidine rings is 1. The van der Waals surface area contributed by atoms with Gasteiger partial charge in [-0.2, -0.15) is 0 Å². The van der Waals surface area contributed by atoms with Gasteiger partial charge in [-0.15, -0.1) is 0 Å². The fourth-order valence-corrected chi connectivity index (χ4v) is 4.30. The number of carbonyl (C=O) groups excluding carboxylic acids is 1. The van der Waals surface area contributed by atoms with E-state index in [1.165, 1.54) is 4.57 Å². The largest absolute Gasteiger partial charge is 0.419 e. The van der Waals surface area contributed by atoms with Crippen LogP contribution in [0.3, 0.4) is 0 Å². The summed E-state index contributed by atoms with van der Waals surface area (Å²) in [6.07, 6.45) is 2.93. The van der Waals surface area contributed by atoms with E-state index in [4.69, 9.17) is 13.9 Å². The number of nitrogens with zero attached hydrogens (tertiary/aromatic N) is 2. The summed E-state index contributed by atoms with van der Waals surface area (Å²) in [5, 5.41) is 2.89. The Morgan fingerprint density at radius 1 is 1.44 bits per heavy atom. The molecule has 3 heterocycles. The molecule has 2 aliphatic heterocycles. The van der Waals surface area contributed by atoms with Gasteiger partial charge in [0, 0.05) is 45.6 Å². The molecule has 0 radical (unpaired) electrons. The van der Waals surface area contributed by atoms with Gasteiger partial charge in [0.1, 0.15) is 5.60 Å². The highest BCUT2D eigenvalue weighted by Crippen LogP contribution is 2.36. The molecule has 2 saturated heterocycles. The molecule has 0 bridgehead atoms. The molecule has 2 aromatic rings. The van der Waals surface area contributed by atoms with Crippen molar-refractivity contribution in [2.45, 2.75) is 31.0 Å². The van der Waals surface area contributed by atoms with Crippen LogP contribution in [-0.4, -0.2) is 60.4 Å². The fraction of sp³-hybridized carbons (Fsp3) is 0.579. The van der Waals surface area contributed by atoms with Crippen LogP contribution in [0.15, 0.2) is 27.4 Å². The molecule has 2 aliphatic rings. The number of hydrogen-bond acceptors (Lipinski definition) is 6. The van der Waals surface area contributed by atoms with Gasteiger partial charge in [-0.25, -0.2) is 4.79 Å². The predicted molar refractivity (Wildman–Crippen MR) is 99.9 cm³/mol. The van der Waals surface area contributed by atoms with Crippen LogP contribution in [0.2, 0.25) is 0 Å². The number of methoxy groups -OCH3 is 1. The van der Waals surface area contributed by atoms with Gasteiger partial charge >= 0.3 is 5.76 Å². The van der Waals surface area contributed by atoms with E-state index in [-0.39, 0.29) is 24.2 Å². The first kappa shape index (κ1) is 18.2. The average Bonchev–Trinajstić information content (AvgIpc) is 3.20. The van der Waals surface area contributed by atoms with Gasteiger partial charge in [0.15, 0.2) is 5.58 Å². The number of aromatic nitrogens is 1. The van der Waals surface area contributed by atoms with Crippen molar-refractivity contribution in [2.24, 2.45) is 7.05 Å². The highest BCUT2D eigenvalue weighted by Gasteiger charge is 2.47. The Labute approximate surface area is 157 Å². The predicted octanol–water partition coefficient (Wildman–Crippen LogP) is 1.34. The normalized spacial score (nSPS) is 26.1. The number of fused-ring (bicyclic) bond motifs is 1. The van der Waals surface area contributed by atoms with Crippen molar-refractivity contribution in [3.63, 3.8) is 0 Å². The molecule has 2 atom stereocenters. The zero-order valence-electron chi connectivity index (χ0n) is 15.7. The highest BCUT2D eigenvalue weighted by molar-refractivity contribution is 5.94. The lowest BCUT2D eigenvalue weighted by atomic mass is 9.87. The maximum atomic E-state index is 12.5. The van der Waals surface area contributed by atoms with Crippen LogP contribution in [0.25, 0.3) is 11.1 Å². The first-order chi connectivity index (χ1) is 13.0. The van der Waals surface area contributed by atoms with Crippen LogP contribution in [0, 0.1) is 0 Å². The third-order valence-electron chi connectivity index (χ3n) is 5.65. The molecular weight excluding hydrogens is 350 g/mol. The van der Waals surface area contributed by atoms with Crippen molar-refractivity contribution in [3.8, 4) is 0 Å². The number of benzene rings is 1. The minimum atomic E-state index is -0.420. The van der Waals surface area contributed by atoms with Crippen molar-refractivity contribution in [2.75, 3.05) is 38.7 Å². The number of likely N-dealkylation sites (tertiary alicyclic amines) is 1. The van der Waals surface area contributed by atoms with Crippen LogP contribution in [-0.2, 0) is 21.3 Å². The number of oxazole rings is 1. The minimum Gasteiger partial charge on any atom is -0.408 e. The van der Waals surface area contributed by atoms with Gasteiger partial charge < -0.3 is 19.2 Å². The topological polar surface area (TPSA) is 85.9 Å². The summed E-state index contributed by atoms with van der Waals surface area (Å²) in [6.45, 7) is 2.54. The van der Waals surface area contributed by atoms with E-state index >= 15 is 0 Å². The molecule has 8 heteroatoms. The number of ether oxygens (including phenoxy) is 2. The number of nitrogens with one attached hydrogen (secondary N) is 1. The maximum Gasteiger partial charge on any atom is 0.419 e. The number of carbonyl (C=O) groups is 1. The number of hydrogen-bond donors (Lipinski definition) is 1. The number of amides is 1. The standard InChI is InChI=1S/C19H25N3O5/c1-21-14-5-4-13(10-15(14)27-18(21)24)20-17(23)11-22-8-6-16(25-2)19(12-22)7-3-9-26-19/h4-5,10,16H,3,6-9,11-12H2,1-2H3,(H,20,23)/t16-,19-/m0/s1. The van der Waals surface area contributed by atoms with E-state index in [9.17, 15) is 9.59 Å². The molecule has 0 saturated carbocycles. The average molecular weight is 375 g/mol. The van der Waals surface area contributed by atoms with E-state index in [1.807, 2.05) is 0 Å². The number of aryl methyl sites for hydroxylation is 1. The quantitative estimate of drug-likeness (QED) is 0.868. The lowest BCUT2D eigenvalue weighted by Crippen LogP contribution is -2.58. The molecule has 27 heavy (non-hydrogen) atoms. The molecule has 2 fully saturated rings. The zero-order valence-corrected chi connectivity index (χ0v) is 15.7. The van der Waals surface area contributed by atoms with Crippen molar-refractivity contribution in [1.82, 2.24) is 9.47 Å². The summed E-state index contributed by atoms with van der Waals surface area (Å²) in [5.74, 6) is -0.520. The molecule has 1 N–H and O–H groups in total. The third-order valence-corrected chi connectivity index (χ3v) is 5.65. The SMILES string of the molecule is CO[C@H]1CCN(CC(=O)Nc2ccc3c(c2)oc(=O)n3C)C[C@@]12CCCO2. The number of rotatable bonds is 4. The molecule has 1 spiro atoms. The van der Waals surface area contributed by atoms with Crippen LogP contribution in [0.5, 0.6) is 0 Å². The van der Waals surface area contributed by atoms with Gasteiger partial charge in [0.2, 0.25) is 5.91 Å². The summed E-state index contributed by atoms with van der Waals surface area (Å²) in [7, 11) is 3.38. The van der Waals surface area contributed by atoms with Crippen LogP contribution >= 0.6 is 0 Å². The highest BCUT2D eigenvalue weighted by atomic mass is 16.6. The summed E-state index contributed by atoms with van der Waals surface area (Å²) >= 11 is 0. The van der Waals surface area contributed by atoms with E-state index in [0.29, 0.717) is 23.3 Å². The molecule has 8 nitrogen and oxygen atoms in total. The second kappa shape index (κ2) is 7.10. The van der Waals surface area contributed by atoms with E-state index in [1.54, 1.807) is 32.4 Å². The smallest absolute Gasteiger partial charge is 0.408 e. The lowest BCUT2D eigenvalue weighted by Gasteiger charge is -2.44. The Bertz CT molecular complexity index is 896. The minimum absolute atomic E-state index is 0.0858. The lowest BCUT2D eigenvalue weighted by molar-refractivity contribution is -0.146. The molecule has 4 rings (SSSR count). The van der Waals surface area contributed by atoms with Crippen LogP contribution in [0.1, 0.15) is 19.3 Å². The van der Waals surface area contributed by atoms with Gasteiger partial charge in [-0.1, -0.05) is 0 Å². The molecule has 1 aromatic carbocycles. The molecule has 0 aliphatic carbocycles. The van der Waals surface area contributed by atoms with Gasteiger partial charge in [0.05, 0.1) is 18.2 Å². The fourth-order valence-electron chi connectivity index (χ4n) is 4.30. The van der Waals surface area contributed by atoms with Crippen molar-refractivity contribution in [1.29, 1.82) is 0 Å². The molecule has 146 valence electrons. The molecule has 1 aromatic heterocycles. The van der Waals surface area contributed by atoms with E-state index < -0.39 is 5.76 Å². The molecular formula is C19H25N3O5. The Hall–Kier alpha value is -2.16. The third kappa shape index (κ3) is 3.40. The van der Waals surface area contributed by atoms with Crippen molar-refractivity contribution < 1.29 is 18.7 Å². The zero-order chi connectivity index (χ0) is 19.0. The first-order valence-corrected chi connectivity index (χ1v) is 9.29. The maximum absolute atomic E-state index is 12.5. The summed E-state index contributed by atoms with van der Waals surface area (Å²) in [5.41, 5.74) is 1.47. The second-order valence-electron chi connectivity index (χ2n) is 7.40. The van der Waals surface area contributed by atoms with E-state index in [2.05, 4.69) is 10.2 Å². The second-order valence-corrected chi connectivity index (χ2v) is 7.40. The van der Waals surface area contributed by atoms with Crippen molar-refractivity contribution >= 4 is 22.7 Å². The van der Waals surface area contributed by atoms with Crippen LogP contribution in [0.4, 0.5) is 5.69 Å². The Morgan fingerprint density at radius 2 is 2.30 bits per heavy atom. The Balaban J connectivity index is 1.41. The monoisotopic (exact) mass is 375 g/mol.